The number of benzene rings is 3. The van der Waals surface area contributed by atoms with Gasteiger partial charge in [-0.2, -0.15) is 0 Å². The molecule has 0 fully saturated rings. The highest BCUT2D eigenvalue weighted by Gasteiger charge is 2.14. The lowest BCUT2D eigenvalue weighted by Gasteiger charge is -2.19. The Bertz CT molecular complexity index is 1150. The highest BCUT2D eigenvalue weighted by Crippen LogP contribution is 2.33. The van der Waals surface area contributed by atoms with Gasteiger partial charge in [-0.3, -0.25) is 0 Å². The number of aromatic nitrogens is 2. The molecular formula is C25H25BrN2O. The fourth-order valence-corrected chi connectivity index (χ4v) is 3.69. The van der Waals surface area contributed by atoms with Crippen LogP contribution in [0.2, 0.25) is 0 Å². The molecule has 0 radical (unpaired) electrons. The zero-order valence-electron chi connectivity index (χ0n) is 17.2. The fourth-order valence-electron chi connectivity index (χ4n) is 3.33. The van der Waals surface area contributed by atoms with Gasteiger partial charge in [0, 0.05) is 4.47 Å². The highest BCUT2D eigenvalue weighted by molar-refractivity contribution is 9.10. The van der Waals surface area contributed by atoms with Gasteiger partial charge in [-0.25, -0.2) is 4.98 Å². The maximum absolute atomic E-state index is 6.20. The average Bonchev–Trinajstić information content (AvgIpc) is 3.09. The molecule has 4 aromatic rings. The second kappa shape index (κ2) is 7.68. The van der Waals surface area contributed by atoms with Crippen molar-refractivity contribution in [3.63, 3.8) is 0 Å². The Balaban J connectivity index is 1.61. The number of ether oxygens (including phenoxy) is 1. The third-order valence-corrected chi connectivity index (χ3v) is 5.54. The minimum absolute atomic E-state index is 0.151. The monoisotopic (exact) mass is 448 g/mol. The zero-order valence-corrected chi connectivity index (χ0v) is 18.8. The van der Waals surface area contributed by atoms with Crippen molar-refractivity contribution in [2.45, 2.75) is 39.7 Å². The number of nitrogens with one attached hydrogen (secondary N) is 1. The SMILES string of the molecule is Cc1ccc2nc(-c3cc(Br)ccc3OCc3ccc(C(C)(C)C)cc3)[nH]c2c1. The smallest absolute Gasteiger partial charge is 0.142 e. The van der Waals surface area contributed by atoms with E-state index >= 15 is 0 Å². The van der Waals surface area contributed by atoms with Gasteiger partial charge in [0.05, 0.1) is 16.6 Å². The van der Waals surface area contributed by atoms with Gasteiger partial charge in [0.15, 0.2) is 0 Å². The van der Waals surface area contributed by atoms with E-state index in [4.69, 9.17) is 9.72 Å². The van der Waals surface area contributed by atoms with Crippen LogP contribution in [0.4, 0.5) is 0 Å². The minimum Gasteiger partial charge on any atom is -0.488 e. The van der Waals surface area contributed by atoms with Crippen LogP contribution < -0.4 is 4.74 Å². The number of rotatable bonds is 4. The molecule has 3 nitrogen and oxygen atoms in total. The summed E-state index contributed by atoms with van der Waals surface area (Å²) < 4.78 is 7.19. The van der Waals surface area contributed by atoms with Crippen molar-refractivity contribution in [1.29, 1.82) is 0 Å². The van der Waals surface area contributed by atoms with Crippen molar-refractivity contribution >= 4 is 27.0 Å². The standard InChI is InChI=1S/C25H25BrN2O/c1-16-5-11-21-22(13-16)28-24(27-21)20-14-19(26)10-12-23(20)29-15-17-6-8-18(9-7-17)25(2,3)4/h5-14H,15H2,1-4H3,(H,27,28). The molecule has 0 aliphatic heterocycles. The van der Waals surface area contributed by atoms with Gasteiger partial charge in [0.2, 0.25) is 0 Å². The maximum Gasteiger partial charge on any atom is 0.142 e. The predicted octanol–water partition coefficient (Wildman–Crippen LogP) is 7.18. The summed E-state index contributed by atoms with van der Waals surface area (Å²) in [4.78, 5) is 8.19. The first-order chi connectivity index (χ1) is 13.8. The number of H-pyrrole nitrogens is 1. The van der Waals surface area contributed by atoms with Gasteiger partial charge in [-0.1, -0.05) is 67.0 Å². The number of nitrogens with zero attached hydrogens (tertiary/aromatic N) is 1. The van der Waals surface area contributed by atoms with Crippen LogP contribution in [0.3, 0.4) is 0 Å². The van der Waals surface area contributed by atoms with Crippen molar-refractivity contribution in [3.05, 3.63) is 81.8 Å². The Labute approximate surface area is 180 Å². The summed E-state index contributed by atoms with van der Waals surface area (Å²) in [5.41, 5.74) is 6.75. The number of fused-ring (bicyclic) bond motifs is 1. The van der Waals surface area contributed by atoms with E-state index in [1.54, 1.807) is 0 Å². The van der Waals surface area contributed by atoms with E-state index in [1.165, 1.54) is 11.1 Å². The number of halogens is 1. The van der Waals surface area contributed by atoms with Gasteiger partial charge in [0.25, 0.3) is 0 Å². The Morgan fingerprint density at radius 1 is 0.966 bits per heavy atom. The third kappa shape index (κ3) is 4.38. The van der Waals surface area contributed by atoms with E-state index in [1.807, 2.05) is 24.3 Å². The number of aromatic amines is 1. The Morgan fingerprint density at radius 2 is 1.72 bits per heavy atom. The molecule has 0 amide bonds. The van der Waals surface area contributed by atoms with E-state index in [0.29, 0.717) is 6.61 Å². The van der Waals surface area contributed by atoms with Crippen molar-refractivity contribution in [2.24, 2.45) is 0 Å². The van der Waals surface area contributed by atoms with E-state index in [-0.39, 0.29) is 5.41 Å². The maximum atomic E-state index is 6.20. The van der Waals surface area contributed by atoms with E-state index in [0.717, 1.165) is 38.2 Å². The predicted molar refractivity (Wildman–Crippen MR) is 123 cm³/mol. The van der Waals surface area contributed by atoms with Crippen LogP contribution in [-0.2, 0) is 12.0 Å². The molecule has 0 saturated carbocycles. The minimum atomic E-state index is 0.151. The van der Waals surface area contributed by atoms with E-state index in [9.17, 15) is 0 Å². The van der Waals surface area contributed by atoms with Crippen molar-refractivity contribution in [3.8, 4) is 17.1 Å². The first kappa shape index (κ1) is 19.7. The largest absolute Gasteiger partial charge is 0.488 e. The van der Waals surface area contributed by atoms with Gasteiger partial charge in [0.1, 0.15) is 18.2 Å². The lowest BCUT2D eigenvalue weighted by atomic mass is 9.87. The molecule has 4 heteroatoms. The highest BCUT2D eigenvalue weighted by atomic mass is 79.9. The van der Waals surface area contributed by atoms with Gasteiger partial charge < -0.3 is 9.72 Å². The summed E-state index contributed by atoms with van der Waals surface area (Å²) in [5.74, 6) is 1.62. The molecule has 0 atom stereocenters. The average molecular weight is 449 g/mol. The summed E-state index contributed by atoms with van der Waals surface area (Å²) in [7, 11) is 0. The normalized spacial score (nSPS) is 11.8. The van der Waals surface area contributed by atoms with Crippen molar-refractivity contribution in [1.82, 2.24) is 9.97 Å². The zero-order chi connectivity index (χ0) is 20.6. The number of imidazole rings is 1. The van der Waals surface area contributed by atoms with Crippen LogP contribution in [-0.4, -0.2) is 9.97 Å². The van der Waals surface area contributed by atoms with Crippen LogP contribution in [0.25, 0.3) is 22.4 Å². The lowest BCUT2D eigenvalue weighted by Crippen LogP contribution is -2.10. The van der Waals surface area contributed by atoms with E-state index < -0.39 is 0 Å². The van der Waals surface area contributed by atoms with Crippen LogP contribution in [0, 0.1) is 6.92 Å². The molecule has 4 rings (SSSR count). The molecule has 1 aromatic heterocycles. The molecule has 0 spiro atoms. The molecule has 1 heterocycles. The summed E-state index contributed by atoms with van der Waals surface area (Å²) in [5, 5.41) is 0. The van der Waals surface area contributed by atoms with Crippen LogP contribution in [0.15, 0.2) is 65.1 Å². The van der Waals surface area contributed by atoms with Gasteiger partial charge >= 0.3 is 0 Å². The van der Waals surface area contributed by atoms with Crippen molar-refractivity contribution in [2.75, 3.05) is 0 Å². The van der Waals surface area contributed by atoms with Crippen LogP contribution >= 0.6 is 15.9 Å². The van der Waals surface area contributed by atoms with Gasteiger partial charge in [-0.05, 0) is 59.4 Å². The third-order valence-electron chi connectivity index (χ3n) is 5.05. The topological polar surface area (TPSA) is 37.9 Å². The molecule has 0 unspecified atom stereocenters. The molecule has 0 aliphatic carbocycles. The molecule has 3 aromatic carbocycles. The van der Waals surface area contributed by atoms with Crippen LogP contribution in [0.5, 0.6) is 5.75 Å². The lowest BCUT2D eigenvalue weighted by molar-refractivity contribution is 0.307. The second-order valence-electron chi connectivity index (χ2n) is 8.48. The molecular weight excluding hydrogens is 424 g/mol. The molecule has 0 saturated heterocycles. The Hall–Kier alpha value is -2.59. The van der Waals surface area contributed by atoms with E-state index in [2.05, 4.69) is 85.0 Å². The summed E-state index contributed by atoms with van der Waals surface area (Å²) >= 11 is 3.57. The molecule has 148 valence electrons. The molecule has 0 bridgehead atoms. The summed E-state index contributed by atoms with van der Waals surface area (Å²) in [6.07, 6.45) is 0. The number of hydrogen-bond acceptors (Lipinski definition) is 2. The first-order valence-electron chi connectivity index (χ1n) is 9.78. The Kier molecular flexibility index (Phi) is 5.22. The number of aryl methyl sites for hydroxylation is 1. The first-order valence-corrected chi connectivity index (χ1v) is 10.6. The fraction of sp³-hybridized carbons (Fsp3) is 0.240. The summed E-state index contributed by atoms with van der Waals surface area (Å²) in [6, 6.07) is 20.9. The molecule has 0 aliphatic rings. The number of hydrogen-bond donors (Lipinski definition) is 1. The summed E-state index contributed by atoms with van der Waals surface area (Å²) in [6.45, 7) is 9.27. The molecule has 29 heavy (non-hydrogen) atoms. The van der Waals surface area contributed by atoms with Crippen molar-refractivity contribution < 1.29 is 4.74 Å². The Morgan fingerprint density at radius 3 is 2.45 bits per heavy atom. The molecule has 1 N–H and O–H groups in total. The van der Waals surface area contributed by atoms with Crippen LogP contribution in [0.1, 0.15) is 37.5 Å². The van der Waals surface area contributed by atoms with Gasteiger partial charge in [-0.15, -0.1) is 0 Å². The second-order valence-corrected chi connectivity index (χ2v) is 9.40. The quantitative estimate of drug-likeness (QED) is 0.358.